The Balaban J connectivity index is 1.97. The van der Waals surface area contributed by atoms with Crippen molar-refractivity contribution < 1.29 is 9.90 Å². The molecule has 6 nitrogen and oxygen atoms in total. The first-order valence-corrected chi connectivity index (χ1v) is 10.0. The minimum absolute atomic E-state index is 0.0471. The molecule has 0 spiro atoms. The van der Waals surface area contributed by atoms with Crippen LogP contribution in [0.4, 0.5) is 5.82 Å². The van der Waals surface area contributed by atoms with E-state index in [2.05, 4.69) is 29.1 Å². The van der Waals surface area contributed by atoms with E-state index >= 15 is 0 Å². The van der Waals surface area contributed by atoms with Crippen molar-refractivity contribution in [2.45, 2.75) is 37.8 Å². The number of hydrogen-bond acceptors (Lipinski definition) is 6. The number of benzene rings is 1. The highest BCUT2D eigenvalue weighted by Gasteiger charge is 2.42. The van der Waals surface area contributed by atoms with Crippen LogP contribution in [0.15, 0.2) is 45.5 Å². The molecule has 0 bridgehead atoms. The molecule has 2 heterocycles. The number of anilines is 1. The Morgan fingerprint density at radius 3 is 2.56 bits per heavy atom. The number of ketones is 1. The number of hydrogen-bond donors (Lipinski definition) is 3. The van der Waals surface area contributed by atoms with Crippen LogP contribution in [0, 0.1) is 5.41 Å². The summed E-state index contributed by atoms with van der Waals surface area (Å²) in [4.78, 5) is 33.3. The molecule has 2 aliphatic rings. The smallest absolute Gasteiger partial charge is 0.257 e. The Morgan fingerprint density at radius 1 is 1.19 bits per heavy atom. The Bertz CT molecular complexity index is 1020. The Kier molecular flexibility index (Phi) is 4.14. The van der Waals surface area contributed by atoms with E-state index in [0.717, 1.165) is 11.3 Å². The van der Waals surface area contributed by atoms with E-state index in [4.69, 9.17) is 0 Å². The maximum absolute atomic E-state index is 13.1. The van der Waals surface area contributed by atoms with Gasteiger partial charge in [-0.3, -0.25) is 9.59 Å². The summed E-state index contributed by atoms with van der Waals surface area (Å²) >= 11 is 1.36. The molecule has 0 saturated carbocycles. The molecule has 0 radical (unpaired) electrons. The fourth-order valence-corrected chi connectivity index (χ4v) is 4.37. The lowest BCUT2D eigenvalue weighted by Gasteiger charge is -2.38. The third kappa shape index (κ3) is 3.06. The lowest BCUT2D eigenvalue weighted by atomic mass is 9.69. The standard InChI is InChI=1S/C20H21N3O3S/c1-20(2)8-12-15(13(25)9-20)14(10-4-6-11(24)7-5-10)16-17(21-12)22-19(27-3)23-18(16)26/h4-7,14,24H,8-9H2,1-3H3,(H2,21,22,23,26)/t14-/m0/s1. The van der Waals surface area contributed by atoms with Crippen LogP contribution in [0.25, 0.3) is 0 Å². The maximum atomic E-state index is 13.1. The first-order valence-electron chi connectivity index (χ1n) is 8.79. The SMILES string of the molecule is CSc1nc2c(c(=O)[nH]1)[C@@H](c1ccc(O)cc1)C1=C(CC(C)(C)CC1=O)N2. The fourth-order valence-electron chi connectivity index (χ4n) is 3.99. The van der Waals surface area contributed by atoms with Crippen LogP contribution in [-0.4, -0.2) is 27.1 Å². The van der Waals surface area contributed by atoms with E-state index < -0.39 is 5.92 Å². The largest absolute Gasteiger partial charge is 0.508 e. The van der Waals surface area contributed by atoms with E-state index in [9.17, 15) is 14.7 Å². The van der Waals surface area contributed by atoms with Gasteiger partial charge in [-0.1, -0.05) is 37.7 Å². The third-order valence-electron chi connectivity index (χ3n) is 5.12. The first kappa shape index (κ1) is 17.9. The van der Waals surface area contributed by atoms with Gasteiger partial charge >= 0.3 is 0 Å². The highest BCUT2D eigenvalue weighted by molar-refractivity contribution is 7.98. The molecular formula is C20H21N3O3S. The molecular weight excluding hydrogens is 362 g/mol. The number of fused-ring (bicyclic) bond motifs is 1. The van der Waals surface area contributed by atoms with Gasteiger partial charge < -0.3 is 15.4 Å². The fraction of sp³-hybridized carbons (Fsp3) is 0.350. The Morgan fingerprint density at radius 2 is 1.89 bits per heavy atom. The summed E-state index contributed by atoms with van der Waals surface area (Å²) in [6.45, 7) is 4.14. The van der Waals surface area contributed by atoms with Gasteiger partial charge in [0.1, 0.15) is 11.6 Å². The molecule has 1 aliphatic heterocycles. The van der Waals surface area contributed by atoms with Crippen LogP contribution in [0.5, 0.6) is 5.75 Å². The van der Waals surface area contributed by atoms with Crippen molar-refractivity contribution in [1.29, 1.82) is 0 Å². The molecule has 3 N–H and O–H groups in total. The molecule has 0 unspecified atom stereocenters. The van der Waals surface area contributed by atoms with Gasteiger partial charge in [-0.25, -0.2) is 4.98 Å². The molecule has 7 heteroatoms. The van der Waals surface area contributed by atoms with Crippen molar-refractivity contribution in [3.63, 3.8) is 0 Å². The van der Waals surface area contributed by atoms with Gasteiger partial charge in [0.2, 0.25) is 0 Å². The Hall–Kier alpha value is -2.54. The van der Waals surface area contributed by atoms with Gasteiger partial charge in [-0.2, -0.15) is 0 Å². The molecule has 0 saturated heterocycles. The summed E-state index contributed by atoms with van der Waals surface area (Å²) in [7, 11) is 0. The number of aromatic amines is 1. The second kappa shape index (κ2) is 6.27. The van der Waals surface area contributed by atoms with Gasteiger partial charge in [0, 0.05) is 23.6 Å². The summed E-state index contributed by atoms with van der Waals surface area (Å²) in [6, 6.07) is 6.67. The van der Waals surface area contributed by atoms with Gasteiger partial charge in [0.25, 0.3) is 5.56 Å². The molecule has 2 aromatic rings. The predicted molar refractivity (Wildman–Crippen MR) is 105 cm³/mol. The topological polar surface area (TPSA) is 95.1 Å². The molecule has 4 rings (SSSR count). The molecule has 1 aliphatic carbocycles. The third-order valence-corrected chi connectivity index (χ3v) is 5.70. The van der Waals surface area contributed by atoms with Crippen molar-refractivity contribution in [2.24, 2.45) is 5.41 Å². The van der Waals surface area contributed by atoms with E-state index in [0.29, 0.717) is 35.0 Å². The highest BCUT2D eigenvalue weighted by Crippen LogP contribution is 2.47. The number of allylic oxidation sites excluding steroid dienone is 2. The summed E-state index contributed by atoms with van der Waals surface area (Å²) in [5.74, 6) is 0.201. The van der Waals surface area contributed by atoms with E-state index in [1.807, 2.05) is 6.26 Å². The number of H-pyrrole nitrogens is 1. The van der Waals surface area contributed by atoms with Crippen molar-refractivity contribution in [3.05, 3.63) is 57.0 Å². The van der Waals surface area contributed by atoms with E-state index in [1.54, 1.807) is 24.3 Å². The second-order valence-electron chi connectivity index (χ2n) is 7.82. The number of carbonyl (C=O) groups excluding carboxylic acids is 1. The zero-order valence-corrected chi connectivity index (χ0v) is 16.2. The zero-order chi connectivity index (χ0) is 19.3. The number of phenolic OH excluding ortho intramolecular Hbond substituents is 1. The maximum Gasteiger partial charge on any atom is 0.257 e. The predicted octanol–water partition coefficient (Wildman–Crippen LogP) is 3.40. The van der Waals surface area contributed by atoms with Gasteiger partial charge in [-0.15, -0.1) is 0 Å². The number of rotatable bonds is 2. The van der Waals surface area contributed by atoms with Crippen molar-refractivity contribution in [3.8, 4) is 5.75 Å². The van der Waals surface area contributed by atoms with Crippen molar-refractivity contribution in [1.82, 2.24) is 9.97 Å². The quantitative estimate of drug-likeness (QED) is 0.543. The number of thioether (sulfide) groups is 1. The van der Waals surface area contributed by atoms with Gasteiger partial charge in [0.15, 0.2) is 10.9 Å². The molecule has 1 atom stereocenters. The van der Waals surface area contributed by atoms with E-state index in [1.165, 1.54) is 11.8 Å². The minimum Gasteiger partial charge on any atom is -0.508 e. The van der Waals surface area contributed by atoms with Crippen molar-refractivity contribution in [2.75, 3.05) is 11.6 Å². The summed E-state index contributed by atoms with van der Waals surface area (Å²) < 4.78 is 0. The van der Waals surface area contributed by atoms with Gasteiger partial charge in [-0.05, 0) is 35.8 Å². The molecule has 0 amide bonds. The minimum atomic E-state index is -0.493. The van der Waals surface area contributed by atoms with Crippen LogP contribution in [0.1, 0.15) is 43.7 Å². The second-order valence-corrected chi connectivity index (χ2v) is 8.62. The highest BCUT2D eigenvalue weighted by atomic mass is 32.2. The normalized spacial score (nSPS) is 20.7. The van der Waals surface area contributed by atoms with Crippen LogP contribution >= 0.6 is 11.8 Å². The number of nitrogens with one attached hydrogen (secondary N) is 2. The number of carbonyl (C=O) groups is 1. The summed E-state index contributed by atoms with van der Waals surface area (Å²) in [5, 5.41) is 13.5. The van der Waals surface area contributed by atoms with Crippen LogP contribution in [-0.2, 0) is 4.79 Å². The molecule has 0 fully saturated rings. The summed E-state index contributed by atoms with van der Waals surface area (Å²) in [6.07, 6.45) is 3.00. The van der Waals surface area contributed by atoms with Gasteiger partial charge in [0.05, 0.1) is 5.56 Å². The molecule has 1 aromatic carbocycles. The van der Waals surface area contributed by atoms with E-state index in [-0.39, 0.29) is 22.5 Å². The number of nitrogens with zero attached hydrogens (tertiary/aromatic N) is 1. The average Bonchev–Trinajstić information content (AvgIpc) is 2.59. The Labute approximate surface area is 161 Å². The zero-order valence-electron chi connectivity index (χ0n) is 15.4. The number of aromatic nitrogens is 2. The number of Topliss-reactive ketones (excluding diaryl/α,β-unsaturated/α-hetero) is 1. The van der Waals surface area contributed by atoms with Crippen molar-refractivity contribution >= 4 is 23.4 Å². The molecule has 27 heavy (non-hydrogen) atoms. The summed E-state index contributed by atoms with van der Waals surface area (Å²) in [5.41, 5.74) is 2.32. The lowest BCUT2D eigenvalue weighted by Crippen LogP contribution is -2.37. The number of aromatic hydroxyl groups is 1. The van der Waals surface area contributed by atoms with Crippen LogP contribution in [0.2, 0.25) is 0 Å². The molecule has 1 aromatic heterocycles. The number of phenols is 1. The molecule has 140 valence electrons. The average molecular weight is 383 g/mol. The first-order chi connectivity index (χ1) is 12.8. The van der Waals surface area contributed by atoms with Crippen LogP contribution in [0.3, 0.4) is 0 Å². The van der Waals surface area contributed by atoms with Crippen LogP contribution < -0.4 is 10.9 Å². The lowest BCUT2D eigenvalue weighted by molar-refractivity contribution is -0.118. The monoisotopic (exact) mass is 383 g/mol.